The van der Waals surface area contributed by atoms with Crippen molar-refractivity contribution in [2.75, 3.05) is 37.6 Å². The van der Waals surface area contributed by atoms with E-state index < -0.39 is 11.7 Å². The monoisotopic (exact) mass is 447 g/mol. The summed E-state index contributed by atoms with van der Waals surface area (Å²) in [4.78, 5) is 39.2. The van der Waals surface area contributed by atoms with E-state index in [1.165, 1.54) is 11.0 Å². The first-order chi connectivity index (χ1) is 15.3. The molecular formula is C22H24F3N5O2. The molecule has 10 heteroatoms. The van der Waals surface area contributed by atoms with E-state index in [0.29, 0.717) is 44.1 Å². The maximum absolute atomic E-state index is 13.1. The van der Waals surface area contributed by atoms with Crippen LogP contribution < -0.4 is 4.90 Å². The maximum atomic E-state index is 13.1. The largest absolute Gasteiger partial charge is 0.416 e. The van der Waals surface area contributed by atoms with Crippen molar-refractivity contribution >= 4 is 17.8 Å². The molecule has 32 heavy (non-hydrogen) atoms. The molecule has 1 aromatic carbocycles. The lowest BCUT2D eigenvalue weighted by atomic mass is 9.95. The third-order valence-corrected chi connectivity index (χ3v) is 5.90. The number of hydrogen-bond donors (Lipinski definition) is 0. The molecule has 0 radical (unpaired) electrons. The van der Waals surface area contributed by atoms with E-state index in [4.69, 9.17) is 0 Å². The number of aromatic nitrogens is 2. The van der Waals surface area contributed by atoms with Gasteiger partial charge in [-0.05, 0) is 30.2 Å². The van der Waals surface area contributed by atoms with Gasteiger partial charge in [0.1, 0.15) is 0 Å². The van der Waals surface area contributed by atoms with Crippen LogP contribution in [-0.4, -0.2) is 64.3 Å². The molecule has 0 bridgehead atoms. The van der Waals surface area contributed by atoms with Crippen LogP contribution in [0.15, 0.2) is 42.7 Å². The maximum Gasteiger partial charge on any atom is 0.416 e. The predicted octanol–water partition coefficient (Wildman–Crippen LogP) is 2.58. The molecule has 2 aromatic rings. The van der Waals surface area contributed by atoms with Crippen molar-refractivity contribution in [3.63, 3.8) is 0 Å². The van der Waals surface area contributed by atoms with Crippen LogP contribution in [0.1, 0.15) is 24.0 Å². The van der Waals surface area contributed by atoms with Crippen LogP contribution in [0, 0.1) is 5.92 Å². The number of piperidine rings is 1. The molecule has 2 aliphatic heterocycles. The van der Waals surface area contributed by atoms with Crippen molar-refractivity contribution < 1.29 is 22.8 Å². The fraction of sp³-hybridized carbons (Fsp3) is 0.455. The quantitative estimate of drug-likeness (QED) is 0.721. The average molecular weight is 447 g/mol. The van der Waals surface area contributed by atoms with Crippen molar-refractivity contribution in [2.24, 2.45) is 5.92 Å². The summed E-state index contributed by atoms with van der Waals surface area (Å²) in [5.41, 5.74) is -0.342. The zero-order valence-corrected chi connectivity index (χ0v) is 17.5. The summed E-state index contributed by atoms with van der Waals surface area (Å²) in [6.07, 6.45) is -0.408. The highest BCUT2D eigenvalue weighted by atomic mass is 19.4. The number of hydrogen-bond acceptors (Lipinski definition) is 5. The normalized spacial score (nSPS) is 19.9. The Balaban J connectivity index is 1.36. The van der Waals surface area contributed by atoms with Crippen LogP contribution in [-0.2, 0) is 22.3 Å². The summed E-state index contributed by atoms with van der Waals surface area (Å²) in [6.45, 7) is 2.59. The molecule has 4 rings (SSSR count). The molecule has 0 saturated carbocycles. The highest BCUT2D eigenvalue weighted by Gasteiger charge is 2.35. The van der Waals surface area contributed by atoms with Gasteiger partial charge in [0.2, 0.25) is 17.8 Å². The van der Waals surface area contributed by atoms with Crippen LogP contribution in [0.5, 0.6) is 0 Å². The minimum Gasteiger partial charge on any atom is -0.339 e. The minimum absolute atomic E-state index is 0.0137. The van der Waals surface area contributed by atoms with Crippen LogP contribution in [0.2, 0.25) is 0 Å². The molecule has 3 heterocycles. The SMILES string of the molecule is O=C1CC[C@H](C(=O)N2CCN(c3ncccn3)CC2)CN1Cc1cccc(C(F)(F)F)c1. The fourth-order valence-corrected chi connectivity index (χ4v) is 4.18. The molecule has 2 saturated heterocycles. The van der Waals surface area contributed by atoms with Gasteiger partial charge in [-0.1, -0.05) is 12.1 Å². The van der Waals surface area contributed by atoms with Crippen molar-refractivity contribution in [3.05, 3.63) is 53.9 Å². The second kappa shape index (κ2) is 9.13. The average Bonchev–Trinajstić information content (AvgIpc) is 2.80. The Labute approximate surface area is 183 Å². The first-order valence-electron chi connectivity index (χ1n) is 10.6. The van der Waals surface area contributed by atoms with Crippen LogP contribution >= 0.6 is 0 Å². The second-order valence-corrected chi connectivity index (χ2v) is 8.07. The number of anilines is 1. The van der Waals surface area contributed by atoms with Crippen LogP contribution in [0.4, 0.5) is 19.1 Å². The zero-order valence-electron chi connectivity index (χ0n) is 17.5. The summed E-state index contributed by atoms with van der Waals surface area (Å²) in [6, 6.07) is 6.72. The molecule has 2 aliphatic rings. The molecule has 2 fully saturated rings. The molecule has 0 aliphatic carbocycles. The molecule has 0 N–H and O–H groups in total. The molecule has 1 aromatic heterocycles. The van der Waals surface area contributed by atoms with Gasteiger partial charge >= 0.3 is 6.18 Å². The van der Waals surface area contributed by atoms with E-state index >= 15 is 0 Å². The molecule has 0 spiro atoms. The number of carbonyl (C=O) groups is 2. The third kappa shape index (κ3) is 5.00. The van der Waals surface area contributed by atoms with E-state index in [1.54, 1.807) is 29.4 Å². The third-order valence-electron chi connectivity index (χ3n) is 5.90. The molecular weight excluding hydrogens is 423 g/mol. The summed E-state index contributed by atoms with van der Waals surface area (Å²) < 4.78 is 39.0. The number of carbonyl (C=O) groups excluding carboxylic acids is 2. The summed E-state index contributed by atoms with van der Waals surface area (Å²) in [5.74, 6) is 0.130. The van der Waals surface area contributed by atoms with E-state index in [0.717, 1.165) is 12.1 Å². The summed E-state index contributed by atoms with van der Waals surface area (Å²) in [7, 11) is 0. The van der Waals surface area contributed by atoms with Gasteiger partial charge < -0.3 is 14.7 Å². The standard InChI is InChI=1S/C22H24F3N5O2/c23-22(24,25)18-4-1-3-16(13-18)14-30-15-17(5-6-19(30)31)20(32)28-9-11-29(12-10-28)21-26-7-2-8-27-21/h1-4,7-8,13,17H,5-6,9-12,14-15H2/t17-/m0/s1. The lowest BCUT2D eigenvalue weighted by Crippen LogP contribution is -2.53. The Morgan fingerprint density at radius 1 is 1.06 bits per heavy atom. The molecule has 7 nitrogen and oxygen atoms in total. The lowest BCUT2D eigenvalue weighted by molar-refractivity contribution is -0.143. The van der Waals surface area contributed by atoms with Gasteiger partial charge in [0.05, 0.1) is 11.5 Å². The van der Waals surface area contributed by atoms with Gasteiger partial charge in [0.15, 0.2) is 0 Å². The first-order valence-corrected chi connectivity index (χ1v) is 10.6. The Hall–Kier alpha value is -3.17. The highest BCUT2D eigenvalue weighted by molar-refractivity contribution is 5.84. The number of benzene rings is 1. The Morgan fingerprint density at radius 2 is 1.78 bits per heavy atom. The summed E-state index contributed by atoms with van der Waals surface area (Å²) in [5, 5.41) is 0. The predicted molar refractivity (Wildman–Crippen MR) is 110 cm³/mol. The summed E-state index contributed by atoms with van der Waals surface area (Å²) >= 11 is 0. The Bertz CT molecular complexity index is 962. The smallest absolute Gasteiger partial charge is 0.339 e. The van der Waals surface area contributed by atoms with E-state index in [9.17, 15) is 22.8 Å². The Morgan fingerprint density at radius 3 is 2.47 bits per heavy atom. The van der Waals surface area contributed by atoms with Gasteiger partial charge in [-0.25, -0.2) is 9.97 Å². The van der Waals surface area contributed by atoms with Gasteiger partial charge in [-0.3, -0.25) is 9.59 Å². The molecule has 170 valence electrons. The number of amides is 2. The van der Waals surface area contributed by atoms with E-state index in [1.807, 2.05) is 4.90 Å². The molecule has 1 atom stereocenters. The first kappa shape index (κ1) is 22.0. The Kier molecular flexibility index (Phi) is 6.29. The van der Waals surface area contributed by atoms with Gasteiger partial charge in [0.25, 0.3) is 0 Å². The minimum atomic E-state index is -4.44. The number of alkyl halides is 3. The van der Waals surface area contributed by atoms with Gasteiger partial charge in [-0.2, -0.15) is 13.2 Å². The topological polar surface area (TPSA) is 69.6 Å². The van der Waals surface area contributed by atoms with Crippen LogP contribution in [0.25, 0.3) is 0 Å². The zero-order chi connectivity index (χ0) is 22.7. The molecule has 2 amide bonds. The number of halogens is 3. The number of piperazine rings is 1. The second-order valence-electron chi connectivity index (χ2n) is 8.07. The lowest BCUT2D eigenvalue weighted by Gasteiger charge is -2.39. The van der Waals surface area contributed by atoms with Crippen molar-refractivity contribution in [1.29, 1.82) is 0 Å². The van der Waals surface area contributed by atoms with Gasteiger partial charge in [-0.15, -0.1) is 0 Å². The van der Waals surface area contributed by atoms with Crippen molar-refractivity contribution in [2.45, 2.75) is 25.6 Å². The van der Waals surface area contributed by atoms with Gasteiger partial charge in [0, 0.05) is 58.1 Å². The number of likely N-dealkylation sites (tertiary alicyclic amines) is 1. The number of nitrogens with zero attached hydrogens (tertiary/aromatic N) is 5. The highest BCUT2D eigenvalue weighted by Crippen LogP contribution is 2.30. The molecule has 0 unspecified atom stereocenters. The van der Waals surface area contributed by atoms with Crippen molar-refractivity contribution in [1.82, 2.24) is 19.8 Å². The van der Waals surface area contributed by atoms with E-state index in [2.05, 4.69) is 9.97 Å². The van der Waals surface area contributed by atoms with Crippen LogP contribution in [0.3, 0.4) is 0 Å². The van der Waals surface area contributed by atoms with E-state index in [-0.39, 0.29) is 37.2 Å². The fourth-order valence-electron chi connectivity index (χ4n) is 4.18. The van der Waals surface area contributed by atoms with Crippen molar-refractivity contribution in [3.8, 4) is 0 Å². The number of rotatable bonds is 4.